The highest BCUT2D eigenvalue weighted by atomic mass is 35.5. The van der Waals surface area contributed by atoms with Crippen LogP contribution in [-0.2, 0) is 0 Å². The van der Waals surface area contributed by atoms with Crippen molar-refractivity contribution in [1.82, 2.24) is 0 Å². The van der Waals surface area contributed by atoms with Crippen LogP contribution in [0.25, 0.3) is 10.8 Å². The van der Waals surface area contributed by atoms with E-state index in [-0.39, 0.29) is 5.78 Å². The largest absolute Gasteiger partial charge is 0.360 e. The van der Waals surface area contributed by atoms with Crippen LogP contribution in [0.4, 0.5) is 5.69 Å². The van der Waals surface area contributed by atoms with Crippen LogP contribution in [0.2, 0.25) is 5.02 Å². The number of para-hydroxylation sites is 1. The molecule has 0 bridgehead atoms. The van der Waals surface area contributed by atoms with Crippen molar-refractivity contribution in [2.75, 3.05) is 5.32 Å². The standard InChI is InChI=1S/C19H14ClNO/c20-17-10-3-4-11-18(17)21-13-12-19(22)16-9-5-7-14-6-1-2-8-15(14)16/h1-13,21H/b13-12-. The fourth-order valence-electron chi connectivity index (χ4n) is 2.32. The predicted octanol–water partition coefficient (Wildman–Crippen LogP) is 5.30. The Kier molecular flexibility index (Phi) is 4.22. The molecule has 0 saturated heterocycles. The first kappa shape index (κ1) is 14.4. The Balaban J connectivity index is 1.82. The van der Waals surface area contributed by atoms with Gasteiger partial charge in [0.15, 0.2) is 5.78 Å². The van der Waals surface area contributed by atoms with E-state index in [2.05, 4.69) is 5.32 Å². The van der Waals surface area contributed by atoms with E-state index in [9.17, 15) is 4.79 Å². The normalized spacial score (nSPS) is 11.0. The monoisotopic (exact) mass is 307 g/mol. The molecule has 108 valence electrons. The van der Waals surface area contributed by atoms with Crippen LogP contribution >= 0.6 is 11.6 Å². The van der Waals surface area contributed by atoms with E-state index in [1.54, 1.807) is 12.3 Å². The van der Waals surface area contributed by atoms with Gasteiger partial charge in [-0.05, 0) is 22.9 Å². The Morgan fingerprint density at radius 3 is 2.50 bits per heavy atom. The number of carbonyl (C=O) groups is 1. The summed E-state index contributed by atoms with van der Waals surface area (Å²) in [4.78, 5) is 12.4. The van der Waals surface area contributed by atoms with E-state index in [0.29, 0.717) is 10.6 Å². The Bertz CT molecular complexity index is 849. The number of benzene rings is 3. The van der Waals surface area contributed by atoms with Gasteiger partial charge in [-0.15, -0.1) is 0 Å². The van der Waals surface area contributed by atoms with Gasteiger partial charge in [-0.3, -0.25) is 4.79 Å². The van der Waals surface area contributed by atoms with E-state index >= 15 is 0 Å². The van der Waals surface area contributed by atoms with E-state index in [1.165, 1.54) is 6.08 Å². The average molecular weight is 308 g/mol. The van der Waals surface area contributed by atoms with Crippen LogP contribution in [0.1, 0.15) is 10.4 Å². The number of ketones is 1. The fraction of sp³-hybridized carbons (Fsp3) is 0. The molecule has 0 radical (unpaired) electrons. The van der Waals surface area contributed by atoms with Crippen LogP contribution < -0.4 is 5.32 Å². The molecule has 3 heteroatoms. The number of fused-ring (bicyclic) bond motifs is 1. The average Bonchev–Trinajstić information content (AvgIpc) is 2.56. The van der Waals surface area contributed by atoms with Gasteiger partial charge in [-0.2, -0.15) is 0 Å². The highest BCUT2D eigenvalue weighted by Gasteiger charge is 2.06. The molecular weight excluding hydrogens is 294 g/mol. The molecule has 0 amide bonds. The second-order valence-corrected chi connectivity index (χ2v) is 5.26. The van der Waals surface area contributed by atoms with Crippen molar-refractivity contribution in [2.24, 2.45) is 0 Å². The molecule has 0 aliphatic carbocycles. The molecule has 0 aromatic heterocycles. The molecule has 2 nitrogen and oxygen atoms in total. The molecule has 1 N–H and O–H groups in total. The minimum Gasteiger partial charge on any atom is -0.360 e. The maximum Gasteiger partial charge on any atom is 0.187 e. The summed E-state index contributed by atoms with van der Waals surface area (Å²) < 4.78 is 0. The number of carbonyl (C=O) groups excluding carboxylic acids is 1. The molecule has 0 fully saturated rings. The van der Waals surface area contributed by atoms with Gasteiger partial charge in [0.2, 0.25) is 0 Å². The van der Waals surface area contributed by atoms with Crippen LogP contribution in [0.5, 0.6) is 0 Å². The van der Waals surface area contributed by atoms with Crippen molar-refractivity contribution in [2.45, 2.75) is 0 Å². The van der Waals surface area contributed by atoms with E-state index < -0.39 is 0 Å². The molecule has 0 heterocycles. The number of allylic oxidation sites excluding steroid dienone is 1. The Hall–Kier alpha value is -2.58. The minimum absolute atomic E-state index is 0.0450. The first-order chi connectivity index (χ1) is 10.8. The van der Waals surface area contributed by atoms with Crippen molar-refractivity contribution in [3.8, 4) is 0 Å². The molecule has 0 saturated carbocycles. The Morgan fingerprint density at radius 1 is 0.909 bits per heavy atom. The van der Waals surface area contributed by atoms with Gasteiger partial charge in [0, 0.05) is 17.8 Å². The molecule has 22 heavy (non-hydrogen) atoms. The number of hydrogen-bond donors (Lipinski definition) is 1. The zero-order valence-electron chi connectivity index (χ0n) is 11.8. The van der Waals surface area contributed by atoms with Crippen LogP contribution in [0.15, 0.2) is 79.0 Å². The third kappa shape index (κ3) is 3.02. The van der Waals surface area contributed by atoms with Crippen LogP contribution in [0, 0.1) is 0 Å². The van der Waals surface area contributed by atoms with Crippen LogP contribution in [-0.4, -0.2) is 5.78 Å². The highest BCUT2D eigenvalue weighted by molar-refractivity contribution is 6.33. The highest BCUT2D eigenvalue weighted by Crippen LogP contribution is 2.21. The second kappa shape index (κ2) is 6.46. The lowest BCUT2D eigenvalue weighted by molar-refractivity contribution is 0.104. The smallest absolute Gasteiger partial charge is 0.187 e. The lowest BCUT2D eigenvalue weighted by Crippen LogP contribution is -1.97. The minimum atomic E-state index is -0.0450. The predicted molar refractivity (Wildman–Crippen MR) is 92.5 cm³/mol. The van der Waals surface area contributed by atoms with E-state index in [1.807, 2.05) is 60.7 Å². The zero-order valence-corrected chi connectivity index (χ0v) is 12.5. The second-order valence-electron chi connectivity index (χ2n) is 4.85. The number of nitrogens with one attached hydrogen (secondary N) is 1. The quantitative estimate of drug-likeness (QED) is 0.523. The Labute approximate surface area is 134 Å². The van der Waals surface area contributed by atoms with Gasteiger partial charge >= 0.3 is 0 Å². The topological polar surface area (TPSA) is 29.1 Å². The van der Waals surface area contributed by atoms with Crippen molar-refractivity contribution in [1.29, 1.82) is 0 Å². The van der Waals surface area contributed by atoms with Crippen molar-refractivity contribution >= 4 is 33.8 Å². The molecule has 3 aromatic rings. The summed E-state index contributed by atoms with van der Waals surface area (Å²) in [6.07, 6.45) is 3.14. The van der Waals surface area contributed by atoms with Gasteiger partial charge in [-0.25, -0.2) is 0 Å². The molecule has 0 spiro atoms. The summed E-state index contributed by atoms with van der Waals surface area (Å²) in [5, 5.41) is 5.66. The number of hydrogen-bond acceptors (Lipinski definition) is 2. The molecule has 0 atom stereocenters. The summed E-state index contributed by atoms with van der Waals surface area (Å²) in [5.41, 5.74) is 1.46. The van der Waals surface area contributed by atoms with Crippen molar-refractivity contribution < 1.29 is 4.79 Å². The maximum atomic E-state index is 12.4. The van der Waals surface area contributed by atoms with Gasteiger partial charge in [0.25, 0.3) is 0 Å². The lowest BCUT2D eigenvalue weighted by atomic mass is 10.0. The van der Waals surface area contributed by atoms with Gasteiger partial charge in [0.05, 0.1) is 10.7 Å². The van der Waals surface area contributed by atoms with Crippen molar-refractivity contribution in [3.05, 3.63) is 89.6 Å². The number of rotatable bonds is 4. The van der Waals surface area contributed by atoms with E-state index in [4.69, 9.17) is 11.6 Å². The third-order valence-corrected chi connectivity index (χ3v) is 3.73. The third-order valence-electron chi connectivity index (χ3n) is 3.40. The first-order valence-corrected chi connectivity index (χ1v) is 7.33. The summed E-state index contributed by atoms with van der Waals surface area (Å²) in [6, 6.07) is 21.0. The molecule has 3 aromatic carbocycles. The maximum absolute atomic E-state index is 12.4. The fourth-order valence-corrected chi connectivity index (χ4v) is 2.51. The van der Waals surface area contributed by atoms with Gasteiger partial charge < -0.3 is 5.32 Å². The first-order valence-electron chi connectivity index (χ1n) is 6.95. The number of halogens is 1. The molecule has 0 aliphatic heterocycles. The summed E-state index contributed by atoms with van der Waals surface area (Å²) >= 11 is 6.05. The summed E-state index contributed by atoms with van der Waals surface area (Å²) in [7, 11) is 0. The SMILES string of the molecule is O=C(/C=C\Nc1ccccc1Cl)c1cccc2ccccc12. The van der Waals surface area contributed by atoms with Gasteiger partial charge in [0.1, 0.15) is 0 Å². The van der Waals surface area contributed by atoms with Gasteiger partial charge in [-0.1, -0.05) is 66.2 Å². The zero-order chi connectivity index (χ0) is 15.4. The molecule has 0 aliphatic rings. The van der Waals surface area contributed by atoms with Crippen LogP contribution in [0.3, 0.4) is 0 Å². The van der Waals surface area contributed by atoms with Crippen molar-refractivity contribution in [3.63, 3.8) is 0 Å². The number of anilines is 1. The Morgan fingerprint density at radius 2 is 1.64 bits per heavy atom. The molecular formula is C19H14ClNO. The molecule has 0 unspecified atom stereocenters. The lowest BCUT2D eigenvalue weighted by Gasteiger charge is -2.04. The molecule has 3 rings (SSSR count). The summed E-state index contributed by atoms with van der Waals surface area (Å²) in [6.45, 7) is 0. The summed E-state index contributed by atoms with van der Waals surface area (Å²) in [5.74, 6) is -0.0450. The van der Waals surface area contributed by atoms with E-state index in [0.717, 1.165) is 16.5 Å².